The number of halogens is 1. The molecule has 0 aliphatic rings. The normalized spacial score (nSPS) is 12.1. The molecule has 2 rings (SSSR count). The van der Waals surface area contributed by atoms with Crippen molar-refractivity contribution in [2.45, 2.75) is 47.1 Å². The second kappa shape index (κ2) is 13.7. The van der Waals surface area contributed by atoms with Gasteiger partial charge in [0.2, 0.25) is 0 Å². The van der Waals surface area contributed by atoms with Crippen molar-refractivity contribution in [2.24, 2.45) is 16.9 Å². The summed E-state index contributed by atoms with van der Waals surface area (Å²) in [6, 6.07) is 12.3. The Morgan fingerprint density at radius 2 is 1.76 bits per heavy atom. The van der Waals surface area contributed by atoms with Crippen LogP contribution in [0.3, 0.4) is 0 Å². The average molecular weight is 532 g/mol. The van der Waals surface area contributed by atoms with Crippen LogP contribution in [-0.4, -0.2) is 37.3 Å². The fourth-order valence-corrected chi connectivity index (χ4v) is 3.53. The van der Waals surface area contributed by atoms with E-state index in [0.29, 0.717) is 24.7 Å². The summed E-state index contributed by atoms with van der Waals surface area (Å²) in [6.07, 6.45) is 2.02. The number of nitrogens with one attached hydrogen (secondary N) is 2. The molecule has 0 bridgehead atoms. The number of aryl methyl sites for hydroxylation is 1. The van der Waals surface area contributed by atoms with Crippen molar-refractivity contribution >= 4 is 34.0 Å². The van der Waals surface area contributed by atoms with Gasteiger partial charge in [-0.1, -0.05) is 45.9 Å². The van der Waals surface area contributed by atoms with Gasteiger partial charge in [-0.25, -0.2) is 5.43 Å². The lowest BCUT2D eigenvalue weighted by atomic mass is 10.0. The highest BCUT2D eigenvalue weighted by atomic mass is 79.9. The molecular weight excluding hydrogens is 498 g/mol. The van der Waals surface area contributed by atoms with E-state index >= 15 is 0 Å². The van der Waals surface area contributed by atoms with Gasteiger partial charge in [-0.3, -0.25) is 9.59 Å². The second-order valence-corrected chi connectivity index (χ2v) is 9.79. The number of carbonyl (C=O) groups is 2. The van der Waals surface area contributed by atoms with Gasteiger partial charge in [0.25, 0.3) is 11.8 Å². The Kier molecular flexibility index (Phi) is 11.1. The van der Waals surface area contributed by atoms with Crippen LogP contribution in [-0.2, 0) is 9.59 Å². The Hall–Kier alpha value is -2.87. The van der Waals surface area contributed by atoms with Crippen LogP contribution in [0, 0.1) is 18.8 Å². The number of para-hydroxylation sites is 1. The lowest BCUT2D eigenvalue weighted by Gasteiger charge is -2.19. The summed E-state index contributed by atoms with van der Waals surface area (Å²) in [5.41, 5.74) is 4.26. The molecule has 0 aliphatic carbocycles. The van der Waals surface area contributed by atoms with E-state index in [1.807, 2.05) is 57.2 Å². The molecule has 184 valence electrons. The molecule has 1 atom stereocenters. The van der Waals surface area contributed by atoms with Gasteiger partial charge in [-0.05, 0) is 76.5 Å². The summed E-state index contributed by atoms with van der Waals surface area (Å²) in [7, 11) is 0. The highest BCUT2D eigenvalue weighted by Gasteiger charge is 2.22. The second-order valence-electron chi connectivity index (χ2n) is 8.93. The Labute approximate surface area is 210 Å². The molecule has 2 N–H and O–H groups in total. The van der Waals surface area contributed by atoms with Crippen LogP contribution in [0.4, 0.5) is 0 Å². The van der Waals surface area contributed by atoms with E-state index in [1.54, 1.807) is 12.3 Å². The zero-order chi connectivity index (χ0) is 25.1. The number of hydrazone groups is 1. The van der Waals surface area contributed by atoms with Gasteiger partial charge in [-0.15, -0.1) is 0 Å². The highest BCUT2D eigenvalue weighted by Crippen LogP contribution is 2.26. The Bertz CT molecular complexity index is 992. The van der Waals surface area contributed by atoms with Gasteiger partial charge >= 0.3 is 0 Å². The smallest absolute Gasteiger partial charge is 0.262 e. The molecule has 2 aromatic carbocycles. The Balaban J connectivity index is 1.93. The molecule has 0 unspecified atom stereocenters. The van der Waals surface area contributed by atoms with Crippen molar-refractivity contribution in [1.29, 1.82) is 0 Å². The predicted molar refractivity (Wildman–Crippen MR) is 138 cm³/mol. The fraction of sp³-hybridized carbons (Fsp3) is 0.423. The molecule has 7 nitrogen and oxygen atoms in total. The molecule has 0 radical (unpaired) electrons. The molecule has 0 spiro atoms. The zero-order valence-corrected chi connectivity index (χ0v) is 22.0. The SMILES string of the molecule is Cc1ccccc1OCC(=O)N[C@@H](CC(C)C)C(=O)N/N=C\c1ccc(OCC(C)C)c(Br)c1. The summed E-state index contributed by atoms with van der Waals surface area (Å²) >= 11 is 3.50. The quantitative estimate of drug-likeness (QED) is 0.302. The first-order valence-corrected chi connectivity index (χ1v) is 12.2. The van der Waals surface area contributed by atoms with Crippen LogP contribution in [0.15, 0.2) is 52.0 Å². The van der Waals surface area contributed by atoms with Crippen LogP contribution >= 0.6 is 15.9 Å². The fourth-order valence-electron chi connectivity index (χ4n) is 3.02. The standard InChI is InChI=1S/C26H34BrN3O4/c1-17(2)12-22(29-25(31)16-34-23-9-7-6-8-19(23)5)26(32)30-28-14-20-10-11-24(21(27)13-20)33-15-18(3)4/h6-11,13-14,17-18,22H,12,15-16H2,1-5H3,(H,29,31)(H,30,32)/b28-14-/t22-/m0/s1. The van der Waals surface area contributed by atoms with Gasteiger partial charge in [0, 0.05) is 0 Å². The first-order chi connectivity index (χ1) is 16.2. The van der Waals surface area contributed by atoms with Gasteiger partial charge in [0.1, 0.15) is 17.5 Å². The number of benzene rings is 2. The first-order valence-electron chi connectivity index (χ1n) is 11.4. The molecule has 0 aliphatic heterocycles. The van der Waals surface area contributed by atoms with Gasteiger partial charge in [0.15, 0.2) is 6.61 Å². The zero-order valence-electron chi connectivity index (χ0n) is 20.4. The summed E-state index contributed by atoms with van der Waals surface area (Å²) in [6.45, 7) is 10.5. The van der Waals surface area contributed by atoms with Gasteiger partial charge in [-0.2, -0.15) is 5.10 Å². The highest BCUT2D eigenvalue weighted by molar-refractivity contribution is 9.10. The number of nitrogens with zero attached hydrogens (tertiary/aromatic N) is 1. The van der Waals surface area contributed by atoms with Crippen LogP contribution < -0.4 is 20.2 Å². The number of ether oxygens (including phenoxy) is 2. The topological polar surface area (TPSA) is 89.0 Å². The molecule has 0 aromatic heterocycles. The first kappa shape index (κ1) is 27.4. The third-order valence-corrected chi connectivity index (χ3v) is 5.35. The summed E-state index contributed by atoms with van der Waals surface area (Å²) in [5, 5.41) is 6.81. The lowest BCUT2D eigenvalue weighted by Crippen LogP contribution is -2.47. The van der Waals surface area contributed by atoms with Crippen molar-refractivity contribution in [2.75, 3.05) is 13.2 Å². The molecule has 2 aromatic rings. The Morgan fingerprint density at radius 3 is 2.41 bits per heavy atom. The number of hydrogen-bond donors (Lipinski definition) is 2. The van der Waals surface area contributed by atoms with E-state index in [4.69, 9.17) is 9.47 Å². The minimum atomic E-state index is -0.719. The van der Waals surface area contributed by atoms with Crippen LogP contribution in [0.2, 0.25) is 0 Å². The molecule has 2 amide bonds. The van der Waals surface area contributed by atoms with E-state index in [2.05, 4.69) is 45.6 Å². The maximum absolute atomic E-state index is 12.7. The molecule has 0 fully saturated rings. The van der Waals surface area contributed by atoms with E-state index < -0.39 is 6.04 Å². The van der Waals surface area contributed by atoms with Crippen molar-refractivity contribution in [3.05, 3.63) is 58.1 Å². The minimum Gasteiger partial charge on any atom is -0.492 e. The van der Waals surface area contributed by atoms with E-state index in [1.165, 1.54) is 0 Å². The van der Waals surface area contributed by atoms with Crippen LogP contribution in [0.25, 0.3) is 0 Å². The van der Waals surface area contributed by atoms with Crippen molar-refractivity contribution in [1.82, 2.24) is 10.7 Å². The summed E-state index contributed by atoms with van der Waals surface area (Å²) in [4.78, 5) is 25.1. The van der Waals surface area contributed by atoms with E-state index in [9.17, 15) is 9.59 Å². The van der Waals surface area contributed by atoms with E-state index in [0.717, 1.165) is 21.3 Å². The molecule has 34 heavy (non-hydrogen) atoms. The third-order valence-electron chi connectivity index (χ3n) is 4.73. The number of hydrogen-bond acceptors (Lipinski definition) is 5. The van der Waals surface area contributed by atoms with Gasteiger partial charge < -0.3 is 14.8 Å². The van der Waals surface area contributed by atoms with Crippen molar-refractivity contribution in [3.63, 3.8) is 0 Å². The lowest BCUT2D eigenvalue weighted by molar-refractivity contribution is -0.130. The molecule has 0 heterocycles. The minimum absolute atomic E-state index is 0.171. The Morgan fingerprint density at radius 1 is 1.03 bits per heavy atom. The maximum Gasteiger partial charge on any atom is 0.262 e. The third kappa shape index (κ3) is 9.55. The van der Waals surface area contributed by atoms with Crippen molar-refractivity contribution < 1.29 is 19.1 Å². The maximum atomic E-state index is 12.7. The van der Waals surface area contributed by atoms with Crippen LogP contribution in [0.5, 0.6) is 11.5 Å². The molecule has 0 saturated heterocycles. The largest absolute Gasteiger partial charge is 0.492 e. The van der Waals surface area contributed by atoms with Crippen molar-refractivity contribution in [3.8, 4) is 11.5 Å². The van der Waals surface area contributed by atoms with Crippen LogP contribution in [0.1, 0.15) is 45.2 Å². The van der Waals surface area contributed by atoms with Gasteiger partial charge in [0.05, 0.1) is 17.3 Å². The monoisotopic (exact) mass is 531 g/mol. The van der Waals surface area contributed by atoms with E-state index in [-0.39, 0.29) is 24.3 Å². The summed E-state index contributed by atoms with van der Waals surface area (Å²) < 4.78 is 12.1. The molecule has 8 heteroatoms. The predicted octanol–water partition coefficient (Wildman–Crippen LogP) is 4.85. The summed E-state index contributed by atoms with van der Waals surface area (Å²) in [5.74, 6) is 1.27. The number of carbonyl (C=O) groups excluding carboxylic acids is 2. The number of rotatable bonds is 12. The number of amides is 2. The average Bonchev–Trinajstić information content (AvgIpc) is 2.77. The molecular formula is C26H34BrN3O4. The molecule has 0 saturated carbocycles.